The van der Waals surface area contributed by atoms with Gasteiger partial charge in [0.1, 0.15) is 17.8 Å². The highest BCUT2D eigenvalue weighted by molar-refractivity contribution is 7.22. The predicted molar refractivity (Wildman–Crippen MR) is 121 cm³/mol. The van der Waals surface area contributed by atoms with Crippen LogP contribution in [0.5, 0.6) is 5.75 Å². The maximum absolute atomic E-state index is 13.2. The molecule has 0 bridgehead atoms. The van der Waals surface area contributed by atoms with E-state index in [0.717, 1.165) is 15.8 Å². The van der Waals surface area contributed by atoms with Crippen LogP contribution in [0.1, 0.15) is 21.0 Å². The van der Waals surface area contributed by atoms with Crippen molar-refractivity contribution in [3.05, 3.63) is 72.3 Å². The van der Waals surface area contributed by atoms with Gasteiger partial charge in [0.2, 0.25) is 0 Å². The molecule has 0 fully saturated rings. The Hall–Kier alpha value is -4.31. The van der Waals surface area contributed by atoms with Gasteiger partial charge in [-0.1, -0.05) is 41.7 Å². The highest BCUT2D eigenvalue weighted by Gasteiger charge is 2.20. The maximum Gasteiger partial charge on any atom is 0.274 e. The van der Waals surface area contributed by atoms with Crippen LogP contribution in [0.4, 0.5) is 5.13 Å². The smallest absolute Gasteiger partial charge is 0.274 e. The number of carbonyl (C=O) groups is 2. The van der Waals surface area contributed by atoms with Crippen LogP contribution in [-0.4, -0.2) is 38.3 Å². The molecule has 158 valence electrons. The second-order valence-corrected chi connectivity index (χ2v) is 7.88. The van der Waals surface area contributed by atoms with E-state index in [0.29, 0.717) is 16.6 Å². The Morgan fingerprint density at radius 1 is 1.09 bits per heavy atom. The number of nitrogens with zero attached hydrogens (tertiary/aromatic N) is 4. The summed E-state index contributed by atoms with van der Waals surface area (Å²) < 4.78 is 7.56. The summed E-state index contributed by atoms with van der Waals surface area (Å²) in [5, 5.41) is 3.26. The van der Waals surface area contributed by atoms with Gasteiger partial charge in [-0.3, -0.25) is 19.3 Å². The largest absolute Gasteiger partial charge is 0.497 e. The van der Waals surface area contributed by atoms with Crippen LogP contribution in [0, 0.1) is 0 Å². The molecule has 9 nitrogen and oxygen atoms in total. The van der Waals surface area contributed by atoms with E-state index in [4.69, 9.17) is 10.5 Å². The van der Waals surface area contributed by atoms with Crippen LogP contribution in [0.25, 0.3) is 27.1 Å². The van der Waals surface area contributed by atoms with Crippen molar-refractivity contribution < 1.29 is 14.3 Å². The number of anilines is 1. The van der Waals surface area contributed by atoms with E-state index in [1.165, 1.54) is 22.1 Å². The number of benzene rings is 2. The van der Waals surface area contributed by atoms with E-state index in [1.54, 1.807) is 13.2 Å². The van der Waals surface area contributed by atoms with Crippen molar-refractivity contribution in [3.63, 3.8) is 0 Å². The molecule has 2 amide bonds. The van der Waals surface area contributed by atoms with E-state index in [1.807, 2.05) is 48.5 Å². The van der Waals surface area contributed by atoms with Gasteiger partial charge in [-0.05, 0) is 24.3 Å². The van der Waals surface area contributed by atoms with Crippen molar-refractivity contribution in [1.29, 1.82) is 0 Å². The SMILES string of the molecule is COc1ccc2nc(NC(=O)c3cc(-c4ccccc4)nc4c(C(N)=O)ncn34)sc2c1. The molecule has 5 aromatic rings. The second-order valence-electron chi connectivity index (χ2n) is 6.85. The molecule has 3 heterocycles. The first kappa shape index (κ1) is 19.6. The minimum Gasteiger partial charge on any atom is -0.497 e. The predicted octanol–water partition coefficient (Wildman–Crippen LogP) is 3.37. The molecule has 10 heteroatoms. The Morgan fingerprint density at radius 2 is 1.91 bits per heavy atom. The molecule has 0 saturated carbocycles. The molecule has 0 aliphatic heterocycles. The lowest BCUT2D eigenvalue weighted by Crippen LogP contribution is -2.17. The van der Waals surface area contributed by atoms with Gasteiger partial charge in [-0.15, -0.1) is 0 Å². The number of carbonyl (C=O) groups excluding carboxylic acids is 2. The first-order valence-electron chi connectivity index (χ1n) is 9.53. The van der Waals surface area contributed by atoms with Gasteiger partial charge in [0.05, 0.1) is 23.0 Å². The van der Waals surface area contributed by atoms with Gasteiger partial charge < -0.3 is 10.5 Å². The lowest BCUT2D eigenvalue weighted by molar-refractivity contribution is 0.0993. The number of rotatable bonds is 5. The molecule has 3 N–H and O–H groups in total. The molecule has 0 spiro atoms. The molecule has 0 radical (unpaired) electrons. The summed E-state index contributed by atoms with van der Waals surface area (Å²) in [6, 6.07) is 16.5. The third-order valence-electron chi connectivity index (χ3n) is 4.85. The summed E-state index contributed by atoms with van der Waals surface area (Å²) in [5.74, 6) is -0.439. The minimum absolute atomic E-state index is 0.0103. The molecule has 3 aromatic heterocycles. The van der Waals surface area contributed by atoms with Gasteiger partial charge in [-0.2, -0.15) is 0 Å². The second kappa shape index (κ2) is 7.75. The summed E-state index contributed by atoms with van der Waals surface area (Å²) in [7, 11) is 1.59. The first-order valence-corrected chi connectivity index (χ1v) is 10.3. The topological polar surface area (TPSA) is 124 Å². The summed E-state index contributed by atoms with van der Waals surface area (Å²) in [4.78, 5) is 38.1. The van der Waals surface area contributed by atoms with Crippen LogP contribution >= 0.6 is 11.3 Å². The zero-order valence-corrected chi connectivity index (χ0v) is 17.6. The van der Waals surface area contributed by atoms with Crippen LogP contribution in [0.15, 0.2) is 60.9 Å². The number of nitrogens with one attached hydrogen (secondary N) is 1. The third kappa shape index (κ3) is 3.42. The van der Waals surface area contributed by atoms with Crippen molar-refractivity contribution >= 4 is 44.1 Å². The Labute approximate surface area is 185 Å². The molecule has 32 heavy (non-hydrogen) atoms. The van der Waals surface area contributed by atoms with Gasteiger partial charge in [0.25, 0.3) is 11.8 Å². The molecule has 5 rings (SSSR count). The third-order valence-corrected chi connectivity index (χ3v) is 5.79. The van der Waals surface area contributed by atoms with E-state index in [9.17, 15) is 9.59 Å². The molecule has 0 aliphatic rings. The Bertz CT molecular complexity index is 1490. The number of aromatic nitrogens is 4. The van der Waals surface area contributed by atoms with Crippen molar-refractivity contribution in [2.45, 2.75) is 0 Å². The Balaban J connectivity index is 1.59. The van der Waals surface area contributed by atoms with E-state index in [2.05, 4.69) is 20.3 Å². The number of thiazole rings is 1. The number of methoxy groups -OCH3 is 1. The molecule has 0 saturated heterocycles. The summed E-state index contributed by atoms with van der Waals surface area (Å²) in [6.45, 7) is 0. The molecule has 0 aliphatic carbocycles. The number of fused-ring (bicyclic) bond motifs is 2. The summed E-state index contributed by atoms with van der Waals surface area (Å²) in [6.07, 6.45) is 1.36. The van der Waals surface area contributed by atoms with Crippen molar-refractivity contribution in [2.24, 2.45) is 5.73 Å². The standard InChI is InChI=1S/C22H16N6O3S/c1-31-13-7-8-14-17(9-13)32-22(26-14)27-21(30)16-10-15(12-5-3-2-4-6-12)25-20-18(19(23)29)24-11-28(16)20/h2-11H,1H3,(H2,23,29)(H,26,27,30). The minimum atomic E-state index is -0.725. The highest BCUT2D eigenvalue weighted by Crippen LogP contribution is 2.30. The number of ether oxygens (including phenoxy) is 1. The average Bonchev–Trinajstić information content (AvgIpc) is 3.41. The van der Waals surface area contributed by atoms with Crippen molar-refractivity contribution in [1.82, 2.24) is 19.4 Å². The van der Waals surface area contributed by atoms with Crippen LogP contribution in [-0.2, 0) is 0 Å². The molecule has 0 atom stereocenters. The summed E-state index contributed by atoms with van der Waals surface area (Å²) >= 11 is 1.33. The molecule has 2 aromatic carbocycles. The number of hydrogen-bond acceptors (Lipinski definition) is 7. The van der Waals surface area contributed by atoms with Crippen molar-refractivity contribution in [2.75, 3.05) is 12.4 Å². The quantitative estimate of drug-likeness (QED) is 0.428. The fraction of sp³-hybridized carbons (Fsp3) is 0.0455. The van der Waals surface area contributed by atoms with E-state index < -0.39 is 11.8 Å². The summed E-state index contributed by atoms with van der Waals surface area (Å²) in [5.41, 5.74) is 7.94. The fourth-order valence-electron chi connectivity index (χ4n) is 3.32. The zero-order chi connectivity index (χ0) is 22.2. The molecule has 0 unspecified atom stereocenters. The van der Waals surface area contributed by atoms with Gasteiger partial charge in [0.15, 0.2) is 16.5 Å². The van der Waals surface area contributed by atoms with Crippen LogP contribution in [0.2, 0.25) is 0 Å². The monoisotopic (exact) mass is 444 g/mol. The molecular formula is C22H16N6O3S. The lowest BCUT2D eigenvalue weighted by Gasteiger charge is -2.09. The number of nitrogens with two attached hydrogens (primary N) is 1. The number of primary amides is 1. The number of imidazole rings is 1. The zero-order valence-electron chi connectivity index (χ0n) is 16.8. The van der Waals surface area contributed by atoms with E-state index >= 15 is 0 Å². The van der Waals surface area contributed by atoms with Crippen molar-refractivity contribution in [3.8, 4) is 17.0 Å². The Kier molecular flexibility index (Phi) is 4.75. The fourth-order valence-corrected chi connectivity index (χ4v) is 4.21. The van der Waals surface area contributed by atoms with Gasteiger partial charge in [0, 0.05) is 5.56 Å². The number of amides is 2. The van der Waals surface area contributed by atoms with Gasteiger partial charge in [-0.25, -0.2) is 15.0 Å². The van der Waals surface area contributed by atoms with E-state index in [-0.39, 0.29) is 17.0 Å². The normalized spacial score (nSPS) is 11.0. The number of hydrogen-bond donors (Lipinski definition) is 2. The maximum atomic E-state index is 13.2. The van der Waals surface area contributed by atoms with Gasteiger partial charge >= 0.3 is 0 Å². The molecular weight excluding hydrogens is 428 g/mol. The lowest BCUT2D eigenvalue weighted by atomic mass is 10.1. The average molecular weight is 444 g/mol. The Morgan fingerprint density at radius 3 is 2.66 bits per heavy atom. The highest BCUT2D eigenvalue weighted by atomic mass is 32.1. The van der Waals surface area contributed by atoms with Crippen LogP contribution < -0.4 is 15.8 Å². The first-order chi connectivity index (χ1) is 15.5. The van der Waals surface area contributed by atoms with Crippen LogP contribution in [0.3, 0.4) is 0 Å².